The minimum absolute atomic E-state index is 0.0302. The first-order chi connectivity index (χ1) is 24.8. The molecule has 7 nitrogen and oxygen atoms in total. The van der Waals surface area contributed by atoms with E-state index >= 15 is 0 Å². The van der Waals surface area contributed by atoms with Crippen LogP contribution in [0.3, 0.4) is 0 Å². The first-order valence-corrected chi connectivity index (χ1v) is 18.4. The van der Waals surface area contributed by atoms with Gasteiger partial charge in [-0.3, -0.25) is 4.79 Å². The number of alkyl halides is 3. The normalized spacial score (nSPS) is 26.7. The van der Waals surface area contributed by atoms with Gasteiger partial charge in [0, 0.05) is 35.4 Å². The number of aliphatic hydroxyl groups excluding tert-OH is 1. The van der Waals surface area contributed by atoms with Crippen molar-refractivity contribution >= 4 is 17.5 Å². The van der Waals surface area contributed by atoms with Crippen LogP contribution in [0.15, 0.2) is 84.4 Å². The molecule has 0 unspecified atom stereocenters. The molecule has 4 aliphatic rings. The quantitative estimate of drug-likeness (QED) is 0.168. The number of urea groups is 1. The average Bonchev–Trinajstić information content (AvgIpc) is 3.72. The summed E-state index contributed by atoms with van der Waals surface area (Å²) in [5.74, 6) is -0.903. The second-order valence-electron chi connectivity index (χ2n) is 15.2. The van der Waals surface area contributed by atoms with Crippen molar-refractivity contribution in [3.8, 4) is 0 Å². The molecular formula is C42H49F3N2O5. The molecule has 7 rings (SSSR count). The maximum absolute atomic E-state index is 14.3. The number of allylic oxidation sites excluding steroid dienone is 2. The fourth-order valence-electron chi connectivity index (χ4n) is 8.48. The van der Waals surface area contributed by atoms with Crippen molar-refractivity contribution in [3.05, 3.63) is 112 Å². The number of hydrogen-bond donors (Lipinski definition) is 3. The molecule has 10 heteroatoms. The van der Waals surface area contributed by atoms with Gasteiger partial charge in [-0.05, 0) is 112 Å². The summed E-state index contributed by atoms with van der Waals surface area (Å²) in [6.07, 6.45) is 1.86. The van der Waals surface area contributed by atoms with Crippen molar-refractivity contribution in [1.29, 1.82) is 0 Å². The number of nitrogens with zero attached hydrogens (tertiary/aromatic N) is 1. The number of halogens is 3. The fraction of sp³-hybridized carbons (Fsp3) is 0.476. The Morgan fingerprint density at radius 2 is 1.79 bits per heavy atom. The largest absolute Gasteiger partial charge is 0.416 e. The predicted octanol–water partition coefficient (Wildman–Crippen LogP) is 8.69. The molecule has 0 spiro atoms. The Balaban J connectivity index is 1.41. The van der Waals surface area contributed by atoms with Crippen LogP contribution in [0.5, 0.6) is 0 Å². The van der Waals surface area contributed by atoms with Crippen molar-refractivity contribution in [2.45, 2.75) is 102 Å². The Morgan fingerprint density at radius 3 is 2.52 bits per heavy atom. The van der Waals surface area contributed by atoms with Crippen LogP contribution in [0, 0.1) is 5.41 Å². The van der Waals surface area contributed by atoms with Crippen LogP contribution in [0.4, 0.5) is 23.7 Å². The van der Waals surface area contributed by atoms with Gasteiger partial charge in [0.15, 0.2) is 5.78 Å². The number of carbonyl (C=O) groups is 2. The zero-order valence-electron chi connectivity index (χ0n) is 29.9. The number of ketones is 1. The SMILES string of the molecule is CC1=CCC[C@@]2(C)[C@@H](CC[C@@]2(O)CN(C[C@H]2CCCO2)C(=O)Nc2ccccc2)c2ccc(cc2C(=O)c2cccc(C(F)(F)F)c2)C[C@@H](O)CC1. The molecule has 3 aromatic rings. The number of carbonyl (C=O) groups excluding carboxylic acids is 2. The fourth-order valence-corrected chi connectivity index (χ4v) is 8.48. The third kappa shape index (κ3) is 8.29. The van der Waals surface area contributed by atoms with Crippen molar-refractivity contribution in [3.63, 3.8) is 0 Å². The lowest BCUT2D eigenvalue weighted by Gasteiger charge is -2.46. The highest BCUT2D eigenvalue weighted by Crippen LogP contribution is 2.59. The molecule has 2 fully saturated rings. The zero-order valence-corrected chi connectivity index (χ0v) is 29.9. The van der Waals surface area contributed by atoms with Gasteiger partial charge in [0.25, 0.3) is 0 Å². The number of nitrogens with one attached hydrogen (secondary N) is 1. The van der Waals surface area contributed by atoms with E-state index in [1.165, 1.54) is 12.1 Å². The standard InChI is InChI=1S/C42H49F3N2O5/c1-28-9-7-20-40(2)37(19-21-41(40,51)27-47(26-34-14-8-22-52-34)39(50)46-32-12-4-3-5-13-32)35-18-16-29(23-33(48)17-15-28)24-36(35)38(49)30-10-6-11-31(25-30)42(43,44)45/h3-6,9-13,16,18,24-25,33-34,37,48,51H,7-8,14-15,17,19-23,26-27H2,1-2H3,(H,46,50)/t33-,34+,37-,40-,41+/m0/s1. The number of anilines is 1. The summed E-state index contributed by atoms with van der Waals surface area (Å²) in [6, 6.07) is 18.7. The maximum Gasteiger partial charge on any atom is 0.416 e. The summed E-state index contributed by atoms with van der Waals surface area (Å²) in [7, 11) is 0. The number of benzene rings is 3. The molecule has 1 saturated heterocycles. The van der Waals surface area contributed by atoms with Gasteiger partial charge in [0.1, 0.15) is 0 Å². The van der Waals surface area contributed by atoms with Crippen molar-refractivity contribution < 1.29 is 37.7 Å². The molecular weight excluding hydrogens is 669 g/mol. The lowest BCUT2D eigenvalue weighted by atomic mass is 9.64. The van der Waals surface area contributed by atoms with Gasteiger partial charge in [-0.25, -0.2) is 4.79 Å². The Morgan fingerprint density at radius 1 is 1.00 bits per heavy atom. The van der Waals surface area contributed by atoms with Crippen LogP contribution in [0.2, 0.25) is 0 Å². The molecule has 2 bridgehead atoms. The molecule has 3 aromatic carbocycles. The topological polar surface area (TPSA) is 99.1 Å². The van der Waals surface area contributed by atoms with Gasteiger partial charge >= 0.3 is 12.2 Å². The van der Waals surface area contributed by atoms with E-state index in [1.807, 2.05) is 56.3 Å². The summed E-state index contributed by atoms with van der Waals surface area (Å²) < 4.78 is 47.2. The van der Waals surface area contributed by atoms with E-state index in [2.05, 4.69) is 11.4 Å². The summed E-state index contributed by atoms with van der Waals surface area (Å²) in [4.78, 5) is 29.9. The molecule has 0 radical (unpaired) electrons. The molecule has 0 aromatic heterocycles. The highest BCUT2D eigenvalue weighted by atomic mass is 19.4. The van der Waals surface area contributed by atoms with Crippen LogP contribution in [0.1, 0.15) is 104 Å². The average molecular weight is 719 g/mol. The Kier molecular flexibility index (Phi) is 11.3. The first-order valence-electron chi connectivity index (χ1n) is 18.4. The van der Waals surface area contributed by atoms with Gasteiger partial charge in [-0.15, -0.1) is 0 Å². The minimum atomic E-state index is -4.62. The van der Waals surface area contributed by atoms with Gasteiger partial charge in [-0.2, -0.15) is 13.2 Å². The van der Waals surface area contributed by atoms with E-state index in [-0.39, 0.29) is 42.1 Å². The Bertz CT molecular complexity index is 1770. The zero-order chi connectivity index (χ0) is 37.1. The number of hydrogen-bond acceptors (Lipinski definition) is 5. The molecule has 278 valence electrons. The predicted molar refractivity (Wildman–Crippen MR) is 194 cm³/mol. The van der Waals surface area contributed by atoms with Crippen molar-refractivity contribution in [1.82, 2.24) is 4.90 Å². The lowest BCUT2D eigenvalue weighted by molar-refractivity contribution is -0.137. The number of rotatable bonds is 7. The maximum atomic E-state index is 14.3. The lowest BCUT2D eigenvalue weighted by Crippen LogP contribution is -2.55. The Hall–Kier alpha value is -3.99. The highest BCUT2D eigenvalue weighted by molar-refractivity contribution is 6.10. The number of amides is 2. The van der Waals surface area contributed by atoms with Crippen LogP contribution >= 0.6 is 0 Å². The van der Waals surface area contributed by atoms with Crippen LogP contribution < -0.4 is 5.32 Å². The van der Waals surface area contributed by atoms with Gasteiger partial charge in [0.2, 0.25) is 0 Å². The van der Waals surface area contributed by atoms with Crippen LogP contribution in [-0.4, -0.2) is 64.4 Å². The number of para-hydroxylation sites is 1. The second-order valence-corrected chi connectivity index (χ2v) is 15.2. The Labute approximate surface area is 303 Å². The summed E-state index contributed by atoms with van der Waals surface area (Å²) >= 11 is 0. The first kappa shape index (κ1) is 37.8. The third-order valence-electron chi connectivity index (χ3n) is 11.6. The number of ether oxygens (including phenoxy) is 1. The molecule has 1 saturated carbocycles. The van der Waals surface area contributed by atoms with Gasteiger partial charge in [-0.1, -0.05) is 61.0 Å². The van der Waals surface area contributed by atoms with Crippen molar-refractivity contribution in [2.75, 3.05) is 25.0 Å². The van der Waals surface area contributed by atoms with E-state index in [0.29, 0.717) is 68.5 Å². The van der Waals surface area contributed by atoms with Crippen LogP contribution in [-0.2, 0) is 17.3 Å². The second kappa shape index (κ2) is 15.5. The summed E-state index contributed by atoms with van der Waals surface area (Å²) in [5.41, 5.74) is 0.180. The van der Waals surface area contributed by atoms with E-state index in [0.717, 1.165) is 30.5 Å². The summed E-state index contributed by atoms with van der Waals surface area (Å²) in [6.45, 7) is 5.01. The van der Waals surface area contributed by atoms with E-state index in [4.69, 9.17) is 4.74 Å². The third-order valence-corrected chi connectivity index (χ3v) is 11.6. The molecule has 3 aliphatic carbocycles. The van der Waals surface area contributed by atoms with E-state index in [1.54, 1.807) is 11.0 Å². The van der Waals surface area contributed by atoms with E-state index < -0.39 is 34.6 Å². The number of fused-ring (bicyclic) bond motifs is 8. The van der Waals surface area contributed by atoms with Crippen molar-refractivity contribution in [2.24, 2.45) is 5.41 Å². The molecule has 1 heterocycles. The number of aliphatic hydroxyl groups is 2. The van der Waals surface area contributed by atoms with Gasteiger partial charge < -0.3 is 25.2 Å². The molecule has 5 atom stereocenters. The molecule has 52 heavy (non-hydrogen) atoms. The van der Waals surface area contributed by atoms with E-state index in [9.17, 15) is 33.0 Å². The minimum Gasteiger partial charge on any atom is -0.393 e. The molecule has 1 aliphatic heterocycles. The highest BCUT2D eigenvalue weighted by Gasteiger charge is 2.58. The van der Waals surface area contributed by atoms with Gasteiger partial charge in [0.05, 0.1) is 29.9 Å². The summed E-state index contributed by atoms with van der Waals surface area (Å²) in [5, 5.41) is 26.8. The molecule has 3 N–H and O–H groups in total. The monoisotopic (exact) mass is 718 g/mol. The smallest absolute Gasteiger partial charge is 0.393 e. The molecule has 2 amide bonds. The van der Waals surface area contributed by atoms with Crippen LogP contribution in [0.25, 0.3) is 0 Å².